The summed E-state index contributed by atoms with van der Waals surface area (Å²) in [6.45, 7) is 4.24. The summed E-state index contributed by atoms with van der Waals surface area (Å²) in [6, 6.07) is 4.65. The number of hydrogen-bond acceptors (Lipinski definition) is 3. The van der Waals surface area contributed by atoms with Crippen molar-refractivity contribution in [2.24, 2.45) is 5.73 Å². The zero-order valence-electron chi connectivity index (χ0n) is 11.2. The molecule has 2 atom stereocenters. The Bertz CT molecular complexity index is 484. The fourth-order valence-electron chi connectivity index (χ4n) is 2.06. The first-order valence-corrected chi connectivity index (χ1v) is 6.36. The van der Waals surface area contributed by atoms with E-state index in [9.17, 15) is 9.18 Å². The van der Waals surface area contributed by atoms with E-state index in [0.717, 1.165) is 5.56 Å². The highest BCUT2D eigenvalue weighted by atomic mass is 19.1. The number of benzene rings is 1. The quantitative estimate of drug-likeness (QED) is 0.870. The molecule has 3 N–H and O–H groups in total. The van der Waals surface area contributed by atoms with Crippen molar-refractivity contribution in [1.82, 2.24) is 5.32 Å². The van der Waals surface area contributed by atoms with Crippen LogP contribution in [0, 0.1) is 12.7 Å². The summed E-state index contributed by atoms with van der Waals surface area (Å²) in [5.41, 5.74) is 6.32. The molecule has 5 heteroatoms. The molecule has 1 aromatic carbocycles. The van der Waals surface area contributed by atoms with Gasteiger partial charge in [-0.25, -0.2) is 4.39 Å². The van der Waals surface area contributed by atoms with Crippen LogP contribution >= 0.6 is 0 Å². The van der Waals surface area contributed by atoms with E-state index < -0.39 is 5.54 Å². The van der Waals surface area contributed by atoms with Gasteiger partial charge in [0, 0.05) is 6.61 Å². The molecular weight excluding hydrogens is 247 g/mol. The average molecular weight is 266 g/mol. The number of carbonyl (C=O) groups is 1. The van der Waals surface area contributed by atoms with Gasteiger partial charge in [-0.2, -0.15) is 0 Å². The lowest BCUT2D eigenvalue weighted by Crippen LogP contribution is -2.54. The van der Waals surface area contributed by atoms with Gasteiger partial charge < -0.3 is 15.8 Å². The summed E-state index contributed by atoms with van der Waals surface area (Å²) in [7, 11) is 0. The van der Waals surface area contributed by atoms with E-state index >= 15 is 0 Å². The van der Waals surface area contributed by atoms with Crippen molar-refractivity contribution < 1.29 is 13.9 Å². The predicted molar refractivity (Wildman–Crippen MR) is 70.0 cm³/mol. The minimum Gasteiger partial charge on any atom is -0.379 e. The van der Waals surface area contributed by atoms with Crippen molar-refractivity contribution in [3.05, 3.63) is 35.1 Å². The monoisotopic (exact) mass is 266 g/mol. The minimum absolute atomic E-state index is 0.230. The van der Waals surface area contributed by atoms with Gasteiger partial charge in [-0.1, -0.05) is 12.1 Å². The van der Waals surface area contributed by atoms with Gasteiger partial charge in [-0.15, -0.1) is 0 Å². The van der Waals surface area contributed by atoms with Crippen molar-refractivity contribution in [3.8, 4) is 0 Å². The Morgan fingerprint density at radius 1 is 1.58 bits per heavy atom. The number of amides is 1. The van der Waals surface area contributed by atoms with Gasteiger partial charge in [0.15, 0.2) is 0 Å². The van der Waals surface area contributed by atoms with Gasteiger partial charge in [0.1, 0.15) is 11.4 Å². The van der Waals surface area contributed by atoms with E-state index in [1.54, 1.807) is 26.0 Å². The lowest BCUT2D eigenvalue weighted by molar-refractivity contribution is -0.127. The highest BCUT2D eigenvalue weighted by Gasteiger charge is 2.38. The number of nitrogens with two attached hydrogens (primary N) is 1. The maximum Gasteiger partial charge on any atom is 0.243 e. The molecule has 104 valence electrons. The van der Waals surface area contributed by atoms with Crippen molar-refractivity contribution in [1.29, 1.82) is 0 Å². The number of nitrogens with one attached hydrogen (secondary N) is 1. The first-order valence-electron chi connectivity index (χ1n) is 6.36. The third-order valence-electron chi connectivity index (χ3n) is 3.55. The van der Waals surface area contributed by atoms with E-state index in [0.29, 0.717) is 18.6 Å². The zero-order chi connectivity index (χ0) is 14.0. The average Bonchev–Trinajstić information content (AvgIpc) is 2.81. The number of carbonyl (C=O) groups excluding carboxylic acids is 1. The topological polar surface area (TPSA) is 64.4 Å². The van der Waals surface area contributed by atoms with Gasteiger partial charge in [-0.3, -0.25) is 4.79 Å². The molecule has 0 saturated carbocycles. The molecule has 1 aromatic rings. The Hall–Kier alpha value is -1.46. The second-order valence-electron chi connectivity index (χ2n) is 5.16. The molecule has 1 aliphatic rings. The van der Waals surface area contributed by atoms with Crippen LogP contribution < -0.4 is 11.1 Å². The molecule has 19 heavy (non-hydrogen) atoms. The largest absolute Gasteiger partial charge is 0.379 e. The molecular formula is C14H19FN2O2. The van der Waals surface area contributed by atoms with E-state index in [1.165, 1.54) is 6.07 Å². The van der Waals surface area contributed by atoms with Crippen LogP contribution in [0.3, 0.4) is 0 Å². The Morgan fingerprint density at radius 3 is 2.89 bits per heavy atom. The molecule has 2 rings (SSSR count). The van der Waals surface area contributed by atoms with E-state index in [4.69, 9.17) is 10.5 Å². The normalized spacial score (nSPS) is 24.2. The molecule has 0 bridgehead atoms. The highest BCUT2D eigenvalue weighted by molar-refractivity contribution is 5.86. The number of halogens is 1. The lowest BCUT2D eigenvalue weighted by atomic mass is 9.98. The van der Waals surface area contributed by atoms with Crippen molar-refractivity contribution in [3.63, 3.8) is 0 Å². The fourth-order valence-corrected chi connectivity index (χ4v) is 2.06. The molecule has 1 saturated heterocycles. The number of hydrogen-bond donors (Lipinski definition) is 2. The summed E-state index contributed by atoms with van der Waals surface area (Å²) < 4.78 is 18.7. The third-order valence-corrected chi connectivity index (χ3v) is 3.55. The second kappa shape index (κ2) is 5.27. The van der Waals surface area contributed by atoms with Gasteiger partial charge in [0.25, 0.3) is 0 Å². The molecule has 0 aromatic heterocycles. The lowest BCUT2D eigenvalue weighted by Gasteiger charge is -2.24. The molecule has 1 amide bonds. The van der Waals surface area contributed by atoms with Gasteiger partial charge in [0.2, 0.25) is 5.91 Å². The Labute approximate surface area is 112 Å². The summed E-state index contributed by atoms with van der Waals surface area (Å²) in [4.78, 5) is 12.1. The van der Waals surface area contributed by atoms with Crippen molar-refractivity contribution in [2.45, 2.75) is 31.8 Å². The molecule has 0 aliphatic carbocycles. The van der Waals surface area contributed by atoms with Crippen LogP contribution in [-0.2, 0) is 9.53 Å². The Morgan fingerprint density at radius 2 is 2.32 bits per heavy atom. The Kier molecular flexibility index (Phi) is 3.87. The summed E-state index contributed by atoms with van der Waals surface area (Å²) in [5.74, 6) is -0.524. The van der Waals surface area contributed by atoms with Crippen LogP contribution in [0.1, 0.15) is 30.5 Å². The predicted octanol–water partition coefficient (Wildman–Crippen LogP) is 1.43. The summed E-state index contributed by atoms with van der Waals surface area (Å²) >= 11 is 0. The van der Waals surface area contributed by atoms with Crippen molar-refractivity contribution >= 4 is 5.91 Å². The fraction of sp³-hybridized carbons (Fsp3) is 0.500. The van der Waals surface area contributed by atoms with E-state index in [1.807, 2.05) is 0 Å². The van der Waals surface area contributed by atoms with Crippen LogP contribution in [-0.4, -0.2) is 24.7 Å². The molecule has 0 spiro atoms. The number of rotatable bonds is 3. The highest BCUT2D eigenvalue weighted by Crippen LogP contribution is 2.20. The number of aryl methyl sites for hydroxylation is 1. The van der Waals surface area contributed by atoms with E-state index in [-0.39, 0.29) is 24.4 Å². The van der Waals surface area contributed by atoms with E-state index in [2.05, 4.69) is 5.32 Å². The maximum absolute atomic E-state index is 13.5. The maximum atomic E-state index is 13.5. The molecule has 1 fully saturated rings. The summed E-state index contributed by atoms with van der Waals surface area (Å²) in [5, 5.41) is 2.81. The Balaban J connectivity index is 2.06. The van der Waals surface area contributed by atoms with Gasteiger partial charge in [-0.05, 0) is 37.5 Å². The second-order valence-corrected chi connectivity index (χ2v) is 5.16. The van der Waals surface area contributed by atoms with Crippen LogP contribution in [0.15, 0.2) is 18.2 Å². The standard InChI is InChI=1S/C14H19FN2O2/c1-9-3-4-11(7-12(9)15)10(2)17-13(18)14(16)5-6-19-8-14/h3-4,7,10H,5-6,8,16H2,1-2H3,(H,17,18). The molecule has 1 aliphatic heterocycles. The van der Waals surface area contributed by atoms with Crippen LogP contribution in [0.25, 0.3) is 0 Å². The summed E-state index contributed by atoms with van der Waals surface area (Å²) in [6.07, 6.45) is 0.508. The van der Waals surface area contributed by atoms with Crippen molar-refractivity contribution in [2.75, 3.05) is 13.2 Å². The van der Waals surface area contributed by atoms with Crippen LogP contribution in [0.2, 0.25) is 0 Å². The first kappa shape index (κ1) is 14.0. The van der Waals surface area contributed by atoms with Crippen LogP contribution in [0.5, 0.6) is 0 Å². The molecule has 2 unspecified atom stereocenters. The van der Waals surface area contributed by atoms with Gasteiger partial charge in [0.05, 0.1) is 12.6 Å². The molecule has 1 heterocycles. The molecule has 0 radical (unpaired) electrons. The van der Waals surface area contributed by atoms with Crippen LogP contribution in [0.4, 0.5) is 4.39 Å². The van der Waals surface area contributed by atoms with Gasteiger partial charge >= 0.3 is 0 Å². The first-order chi connectivity index (χ1) is 8.92. The third kappa shape index (κ3) is 2.93. The minimum atomic E-state index is -0.961. The zero-order valence-corrected chi connectivity index (χ0v) is 11.2. The molecule has 4 nitrogen and oxygen atoms in total. The smallest absolute Gasteiger partial charge is 0.243 e. The number of ether oxygens (including phenoxy) is 1. The SMILES string of the molecule is Cc1ccc(C(C)NC(=O)C2(N)CCOC2)cc1F.